The largest absolute Gasteiger partial charge is 0.391 e. The Morgan fingerprint density at radius 1 is 1.50 bits per heavy atom. The van der Waals surface area contributed by atoms with Crippen LogP contribution in [0, 0.1) is 0 Å². The van der Waals surface area contributed by atoms with Crippen LogP contribution in [-0.4, -0.2) is 48.5 Å². The number of hydrogen-bond acceptors (Lipinski definition) is 3. The van der Waals surface area contributed by atoms with E-state index in [2.05, 4.69) is 18.7 Å². The molecule has 3 nitrogen and oxygen atoms in total. The van der Waals surface area contributed by atoms with Crippen molar-refractivity contribution in [1.29, 1.82) is 0 Å². The predicted octanol–water partition coefficient (Wildman–Crippen LogP) is 1.26. The molecule has 3 atom stereocenters. The average Bonchev–Trinajstić information content (AvgIpc) is 2.54. The van der Waals surface area contributed by atoms with E-state index >= 15 is 0 Å². The van der Waals surface area contributed by atoms with Crippen LogP contribution in [0.4, 0.5) is 0 Å². The first kappa shape index (κ1) is 12.0. The number of hydrogen-bond donors (Lipinski definition) is 1. The van der Waals surface area contributed by atoms with Crippen molar-refractivity contribution in [2.24, 2.45) is 0 Å². The lowest BCUT2D eigenvalue weighted by atomic mass is 10.1. The maximum absolute atomic E-state index is 9.83. The lowest BCUT2D eigenvalue weighted by molar-refractivity contribution is 0.0233. The number of rotatable bonds is 5. The molecule has 1 N–H and O–H groups in total. The van der Waals surface area contributed by atoms with Gasteiger partial charge >= 0.3 is 0 Å². The third-order valence-corrected chi connectivity index (χ3v) is 3.21. The van der Waals surface area contributed by atoms with Gasteiger partial charge in [0, 0.05) is 19.2 Å². The standard InChI is InChI=1S/C11H23NO2/c1-4-12(9(2)8-14-3)10-6-5-7-11(10)13/h9-11,13H,4-8H2,1-3H3/t9?,10-,11-/m1/s1. The van der Waals surface area contributed by atoms with Gasteiger partial charge < -0.3 is 9.84 Å². The number of aliphatic hydroxyl groups is 1. The van der Waals surface area contributed by atoms with Crippen molar-refractivity contribution in [3.05, 3.63) is 0 Å². The van der Waals surface area contributed by atoms with Crippen molar-refractivity contribution in [1.82, 2.24) is 4.90 Å². The lowest BCUT2D eigenvalue weighted by Crippen LogP contribution is -2.47. The minimum Gasteiger partial charge on any atom is -0.391 e. The summed E-state index contributed by atoms with van der Waals surface area (Å²) in [5.74, 6) is 0. The molecule has 0 bridgehead atoms. The maximum Gasteiger partial charge on any atom is 0.0695 e. The first-order valence-corrected chi connectivity index (χ1v) is 5.63. The highest BCUT2D eigenvalue weighted by molar-refractivity contribution is 4.87. The van der Waals surface area contributed by atoms with Crippen molar-refractivity contribution in [3.63, 3.8) is 0 Å². The molecular formula is C11H23NO2. The quantitative estimate of drug-likeness (QED) is 0.727. The van der Waals surface area contributed by atoms with Crippen LogP contribution in [0.15, 0.2) is 0 Å². The molecule has 1 rings (SSSR count). The summed E-state index contributed by atoms with van der Waals surface area (Å²) in [6.07, 6.45) is 3.11. The molecule has 0 radical (unpaired) electrons. The average molecular weight is 201 g/mol. The zero-order chi connectivity index (χ0) is 10.6. The Hall–Kier alpha value is -0.120. The van der Waals surface area contributed by atoms with Crippen LogP contribution in [0.1, 0.15) is 33.1 Å². The molecule has 3 heteroatoms. The fourth-order valence-electron chi connectivity index (χ4n) is 2.52. The third kappa shape index (κ3) is 2.69. The molecule has 1 fully saturated rings. The Labute approximate surface area is 87.1 Å². The fraction of sp³-hybridized carbons (Fsp3) is 1.00. The fourth-order valence-corrected chi connectivity index (χ4v) is 2.52. The van der Waals surface area contributed by atoms with Crippen LogP contribution in [0.3, 0.4) is 0 Å². The van der Waals surface area contributed by atoms with Crippen LogP contribution in [-0.2, 0) is 4.74 Å². The monoisotopic (exact) mass is 201 g/mol. The van der Waals surface area contributed by atoms with Crippen LogP contribution >= 0.6 is 0 Å². The molecular weight excluding hydrogens is 178 g/mol. The number of methoxy groups -OCH3 is 1. The summed E-state index contributed by atoms with van der Waals surface area (Å²) in [4.78, 5) is 2.36. The summed E-state index contributed by atoms with van der Waals surface area (Å²) >= 11 is 0. The van der Waals surface area contributed by atoms with Crippen molar-refractivity contribution in [2.45, 2.75) is 51.3 Å². The van der Waals surface area contributed by atoms with E-state index in [-0.39, 0.29) is 6.10 Å². The normalized spacial score (nSPS) is 29.8. The number of nitrogens with zero attached hydrogens (tertiary/aromatic N) is 1. The van der Waals surface area contributed by atoms with E-state index < -0.39 is 0 Å². The second-order valence-electron chi connectivity index (χ2n) is 4.20. The molecule has 1 aliphatic carbocycles. The van der Waals surface area contributed by atoms with Crippen molar-refractivity contribution < 1.29 is 9.84 Å². The SMILES string of the molecule is CCN(C(C)COC)[C@@H]1CCC[C@H]1O. The summed E-state index contributed by atoms with van der Waals surface area (Å²) in [5.41, 5.74) is 0. The number of ether oxygens (including phenoxy) is 1. The van der Waals surface area contributed by atoms with Crippen molar-refractivity contribution in [3.8, 4) is 0 Å². The highest BCUT2D eigenvalue weighted by atomic mass is 16.5. The Balaban J connectivity index is 2.51. The highest BCUT2D eigenvalue weighted by Crippen LogP contribution is 2.25. The van der Waals surface area contributed by atoms with E-state index in [0.717, 1.165) is 32.4 Å². The highest BCUT2D eigenvalue weighted by Gasteiger charge is 2.32. The van der Waals surface area contributed by atoms with E-state index in [9.17, 15) is 5.11 Å². The van der Waals surface area contributed by atoms with Gasteiger partial charge in [0.15, 0.2) is 0 Å². The molecule has 1 saturated carbocycles. The molecule has 0 aromatic carbocycles. The summed E-state index contributed by atoms with van der Waals surface area (Å²) in [5, 5.41) is 9.83. The molecule has 0 aromatic heterocycles. The van der Waals surface area contributed by atoms with Gasteiger partial charge in [0.25, 0.3) is 0 Å². The molecule has 0 amide bonds. The number of likely N-dealkylation sites (N-methyl/N-ethyl adjacent to an activating group) is 1. The van der Waals surface area contributed by atoms with E-state index in [0.29, 0.717) is 12.1 Å². The minimum absolute atomic E-state index is 0.130. The van der Waals surface area contributed by atoms with Crippen LogP contribution in [0.25, 0.3) is 0 Å². The zero-order valence-electron chi connectivity index (χ0n) is 9.57. The van der Waals surface area contributed by atoms with Crippen LogP contribution in [0.2, 0.25) is 0 Å². The number of aliphatic hydroxyl groups excluding tert-OH is 1. The molecule has 0 saturated heterocycles. The molecule has 0 heterocycles. The third-order valence-electron chi connectivity index (χ3n) is 3.21. The summed E-state index contributed by atoms with van der Waals surface area (Å²) in [6.45, 7) is 6.05. The Kier molecular flexibility index (Phi) is 4.85. The van der Waals surface area contributed by atoms with Gasteiger partial charge in [-0.1, -0.05) is 6.92 Å². The van der Waals surface area contributed by atoms with Crippen molar-refractivity contribution in [2.75, 3.05) is 20.3 Å². The van der Waals surface area contributed by atoms with Crippen LogP contribution in [0.5, 0.6) is 0 Å². The minimum atomic E-state index is -0.130. The Bertz CT molecular complexity index is 163. The van der Waals surface area contributed by atoms with Gasteiger partial charge in [-0.15, -0.1) is 0 Å². The first-order valence-electron chi connectivity index (χ1n) is 5.63. The summed E-state index contributed by atoms with van der Waals surface area (Å²) in [6, 6.07) is 0.757. The molecule has 0 aromatic rings. The van der Waals surface area contributed by atoms with E-state index in [1.807, 2.05) is 0 Å². The van der Waals surface area contributed by atoms with E-state index in [1.54, 1.807) is 7.11 Å². The Morgan fingerprint density at radius 3 is 2.64 bits per heavy atom. The van der Waals surface area contributed by atoms with E-state index in [4.69, 9.17) is 4.74 Å². The smallest absolute Gasteiger partial charge is 0.0695 e. The van der Waals surface area contributed by atoms with Crippen molar-refractivity contribution >= 4 is 0 Å². The maximum atomic E-state index is 9.83. The van der Waals surface area contributed by atoms with Gasteiger partial charge in [-0.05, 0) is 32.7 Å². The summed E-state index contributed by atoms with van der Waals surface area (Å²) in [7, 11) is 1.73. The second kappa shape index (κ2) is 5.69. The van der Waals surface area contributed by atoms with Gasteiger partial charge in [0.05, 0.1) is 12.7 Å². The van der Waals surface area contributed by atoms with Gasteiger partial charge in [-0.25, -0.2) is 0 Å². The van der Waals surface area contributed by atoms with Crippen LogP contribution < -0.4 is 0 Å². The molecule has 1 unspecified atom stereocenters. The molecule has 84 valence electrons. The lowest BCUT2D eigenvalue weighted by Gasteiger charge is -2.34. The van der Waals surface area contributed by atoms with Gasteiger partial charge in [-0.3, -0.25) is 4.90 Å². The van der Waals surface area contributed by atoms with Gasteiger partial charge in [-0.2, -0.15) is 0 Å². The van der Waals surface area contributed by atoms with E-state index in [1.165, 1.54) is 0 Å². The zero-order valence-corrected chi connectivity index (χ0v) is 9.57. The second-order valence-corrected chi connectivity index (χ2v) is 4.20. The molecule has 0 aliphatic heterocycles. The molecule has 0 spiro atoms. The molecule has 1 aliphatic rings. The molecule has 14 heavy (non-hydrogen) atoms. The topological polar surface area (TPSA) is 32.7 Å². The van der Waals surface area contributed by atoms with Gasteiger partial charge in [0.2, 0.25) is 0 Å². The first-order chi connectivity index (χ1) is 6.70. The van der Waals surface area contributed by atoms with Gasteiger partial charge in [0.1, 0.15) is 0 Å². The Morgan fingerprint density at radius 2 is 2.21 bits per heavy atom. The summed E-state index contributed by atoms with van der Waals surface area (Å²) < 4.78 is 5.16. The predicted molar refractivity (Wildman–Crippen MR) is 57.4 cm³/mol.